The molecule has 0 saturated carbocycles. The number of hydrogen-bond acceptors (Lipinski definition) is 7. The summed E-state index contributed by atoms with van der Waals surface area (Å²) >= 11 is 0. The van der Waals surface area contributed by atoms with Crippen molar-refractivity contribution in [3.63, 3.8) is 0 Å². The Morgan fingerprint density at radius 1 is 1.33 bits per heavy atom. The number of nitrogens with two attached hydrogens (primary N) is 1. The van der Waals surface area contributed by atoms with Crippen LogP contribution in [0.15, 0.2) is 12.5 Å². The number of nitrogens with zero attached hydrogens (tertiary/aromatic N) is 3. The minimum absolute atomic E-state index is 0.0539. The second-order valence-corrected chi connectivity index (χ2v) is 7.20. The van der Waals surface area contributed by atoms with Gasteiger partial charge < -0.3 is 30.6 Å². The maximum Gasteiger partial charge on any atom is 0.471 e. The Bertz CT molecular complexity index is 889. The Kier molecular flexibility index (Phi) is 6.78. The van der Waals surface area contributed by atoms with Crippen LogP contribution in [0.25, 0.3) is 11.0 Å². The van der Waals surface area contributed by atoms with Crippen LogP contribution in [0.1, 0.15) is 37.5 Å². The minimum atomic E-state index is -4.87. The van der Waals surface area contributed by atoms with Crippen molar-refractivity contribution >= 4 is 22.8 Å². The van der Waals surface area contributed by atoms with Gasteiger partial charge in [-0.15, -0.1) is 0 Å². The van der Waals surface area contributed by atoms with Crippen LogP contribution in [0.4, 0.5) is 19.0 Å². The van der Waals surface area contributed by atoms with Gasteiger partial charge in [-0.1, -0.05) is 6.42 Å². The first-order chi connectivity index (χ1) is 14.2. The van der Waals surface area contributed by atoms with Crippen LogP contribution in [0, 0.1) is 0 Å². The maximum atomic E-state index is 12.2. The summed E-state index contributed by atoms with van der Waals surface area (Å²) < 4.78 is 43.9. The van der Waals surface area contributed by atoms with Gasteiger partial charge >= 0.3 is 12.1 Å². The van der Waals surface area contributed by atoms with Gasteiger partial charge in [-0.25, -0.2) is 9.97 Å². The first kappa shape index (κ1) is 22.2. The highest BCUT2D eigenvalue weighted by atomic mass is 19.4. The number of aromatic nitrogens is 3. The van der Waals surface area contributed by atoms with E-state index >= 15 is 0 Å². The molecule has 0 aromatic carbocycles. The zero-order chi connectivity index (χ0) is 21.9. The summed E-state index contributed by atoms with van der Waals surface area (Å²) in [4.78, 5) is 19.1. The highest BCUT2D eigenvalue weighted by molar-refractivity contribution is 5.89. The molecule has 1 fully saturated rings. The number of halogens is 3. The van der Waals surface area contributed by atoms with Gasteiger partial charge in [-0.05, 0) is 24.8 Å². The van der Waals surface area contributed by atoms with E-state index < -0.39 is 30.5 Å². The lowest BCUT2D eigenvalue weighted by atomic mass is 10.1. The number of carbonyl (C=O) groups is 1. The van der Waals surface area contributed by atoms with Crippen molar-refractivity contribution in [3.05, 3.63) is 18.1 Å². The molecular formula is C18H24F3N5O4. The molecule has 2 aromatic rings. The van der Waals surface area contributed by atoms with Crippen LogP contribution < -0.4 is 11.1 Å². The Hall–Kier alpha value is -2.44. The second-order valence-electron chi connectivity index (χ2n) is 7.20. The van der Waals surface area contributed by atoms with Crippen LogP contribution >= 0.6 is 0 Å². The number of carbonyl (C=O) groups excluding carboxylic acids is 1. The molecule has 1 saturated heterocycles. The third kappa shape index (κ3) is 4.82. The fourth-order valence-electron chi connectivity index (χ4n) is 3.57. The number of alkyl halides is 3. The van der Waals surface area contributed by atoms with Gasteiger partial charge in [0.15, 0.2) is 0 Å². The zero-order valence-electron chi connectivity index (χ0n) is 16.1. The third-order valence-corrected chi connectivity index (χ3v) is 5.08. The van der Waals surface area contributed by atoms with E-state index in [0.717, 1.165) is 5.56 Å². The molecule has 9 nitrogen and oxygen atoms in total. The molecule has 0 bridgehead atoms. The largest absolute Gasteiger partial charge is 0.471 e. The van der Waals surface area contributed by atoms with Gasteiger partial charge in [-0.2, -0.15) is 13.2 Å². The van der Waals surface area contributed by atoms with E-state index in [1.165, 1.54) is 6.33 Å². The van der Waals surface area contributed by atoms with Gasteiger partial charge in [0.1, 0.15) is 30.1 Å². The van der Waals surface area contributed by atoms with Crippen molar-refractivity contribution in [2.24, 2.45) is 0 Å². The van der Waals surface area contributed by atoms with Gasteiger partial charge in [0, 0.05) is 19.2 Å². The van der Waals surface area contributed by atoms with E-state index in [1.54, 1.807) is 4.57 Å². The number of aliphatic hydroxyl groups excluding tert-OH is 2. The summed E-state index contributed by atoms with van der Waals surface area (Å²) in [6.45, 7) is -0.354. The first-order valence-corrected chi connectivity index (χ1v) is 9.61. The monoisotopic (exact) mass is 431 g/mol. The van der Waals surface area contributed by atoms with Crippen molar-refractivity contribution in [1.29, 1.82) is 0 Å². The molecule has 0 unspecified atom stereocenters. The topological polar surface area (TPSA) is 136 Å². The van der Waals surface area contributed by atoms with Crippen molar-refractivity contribution in [1.82, 2.24) is 19.9 Å². The average Bonchev–Trinajstić information content (AvgIpc) is 3.24. The molecule has 3 heterocycles. The SMILES string of the molecule is Nc1ncnc2c1c(CCCCCNC(=O)C(F)(F)F)cn2[C@H]1C[C@H](O)[C@@H](CO)O1. The summed E-state index contributed by atoms with van der Waals surface area (Å²) in [5.41, 5.74) is 7.43. The lowest BCUT2D eigenvalue weighted by Crippen LogP contribution is -2.37. The van der Waals surface area contributed by atoms with Crippen molar-refractivity contribution < 1.29 is 32.9 Å². The highest BCUT2D eigenvalue weighted by Gasteiger charge is 2.38. The molecule has 30 heavy (non-hydrogen) atoms. The first-order valence-electron chi connectivity index (χ1n) is 9.61. The fraction of sp³-hybridized carbons (Fsp3) is 0.611. The molecule has 12 heteroatoms. The van der Waals surface area contributed by atoms with Crippen molar-refractivity contribution in [2.75, 3.05) is 18.9 Å². The number of aliphatic hydroxyl groups is 2. The number of anilines is 1. The standard InChI is InChI=1S/C18H24F3N5O4/c19-18(20,21)17(29)23-5-3-1-2-4-10-7-26(13-6-11(28)12(8-27)30-13)16-14(10)15(22)24-9-25-16/h7,9,11-13,27-28H,1-6,8H2,(H,23,29)(H2,22,24,25)/t11-,12+,13+/m0/s1. The third-order valence-electron chi connectivity index (χ3n) is 5.08. The Morgan fingerprint density at radius 3 is 2.77 bits per heavy atom. The van der Waals surface area contributed by atoms with Gasteiger partial charge in [0.25, 0.3) is 0 Å². The molecule has 1 amide bonds. The van der Waals surface area contributed by atoms with E-state index in [4.69, 9.17) is 10.5 Å². The Balaban J connectivity index is 1.63. The van der Waals surface area contributed by atoms with Gasteiger partial charge in [0.05, 0.1) is 18.1 Å². The lowest BCUT2D eigenvalue weighted by Gasteiger charge is -2.14. The summed E-state index contributed by atoms with van der Waals surface area (Å²) in [6.07, 6.45) is -1.19. The van der Waals surface area contributed by atoms with Gasteiger partial charge in [-0.3, -0.25) is 4.79 Å². The lowest BCUT2D eigenvalue weighted by molar-refractivity contribution is -0.173. The summed E-state index contributed by atoms with van der Waals surface area (Å²) in [7, 11) is 0. The number of nitrogen functional groups attached to an aromatic ring is 1. The van der Waals surface area contributed by atoms with E-state index in [9.17, 15) is 28.2 Å². The number of hydrogen-bond donors (Lipinski definition) is 4. The van der Waals surface area contributed by atoms with Crippen LogP contribution in [0.2, 0.25) is 0 Å². The molecule has 5 N–H and O–H groups in total. The quantitative estimate of drug-likeness (QED) is 0.459. The predicted octanol–water partition coefficient (Wildman–Crippen LogP) is 1.05. The van der Waals surface area contributed by atoms with E-state index in [-0.39, 0.29) is 19.6 Å². The molecule has 0 radical (unpaired) electrons. The van der Waals surface area contributed by atoms with E-state index in [1.807, 2.05) is 11.5 Å². The second kappa shape index (κ2) is 9.14. The van der Waals surface area contributed by atoms with E-state index in [2.05, 4.69) is 9.97 Å². The van der Waals surface area contributed by atoms with Crippen LogP contribution in [-0.2, 0) is 16.0 Å². The van der Waals surface area contributed by atoms with Gasteiger partial charge in [0.2, 0.25) is 0 Å². The average molecular weight is 431 g/mol. The molecule has 0 spiro atoms. The molecule has 1 aliphatic heterocycles. The molecule has 1 aliphatic rings. The number of nitrogens with one attached hydrogen (secondary N) is 1. The fourth-order valence-corrected chi connectivity index (χ4v) is 3.57. The molecule has 166 valence electrons. The Morgan fingerprint density at radius 2 is 2.10 bits per heavy atom. The summed E-state index contributed by atoms with van der Waals surface area (Å²) in [6, 6.07) is 0. The summed E-state index contributed by atoms with van der Waals surface area (Å²) in [5.74, 6) is -1.64. The van der Waals surface area contributed by atoms with Crippen LogP contribution in [0.3, 0.4) is 0 Å². The Labute approximate surface area is 170 Å². The van der Waals surface area contributed by atoms with Crippen molar-refractivity contribution in [2.45, 2.75) is 56.7 Å². The number of aryl methyl sites for hydroxylation is 1. The number of fused-ring (bicyclic) bond motifs is 1. The van der Waals surface area contributed by atoms with Crippen LogP contribution in [-0.4, -0.2) is 62.2 Å². The maximum absolute atomic E-state index is 12.2. The van der Waals surface area contributed by atoms with Crippen molar-refractivity contribution in [3.8, 4) is 0 Å². The van der Waals surface area contributed by atoms with Crippen LogP contribution in [0.5, 0.6) is 0 Å². The zero-order valence-corrected chi connectivity index (χ0v) is 16.1. The predicted molar refractivity (Wildman–Crippen MR) is 100 cm³/mol. The number of ether oxygens (including phenoxy) is 1. The smallest absolute Gasteiger partial charge is 0.394 e. The molecule has 3 rings (SSSR count). The molecule has 3 atom stereocenters. The number of rotatable bonds is 8. The molecular weight excluding hydrogens is 407 g/mol. The highest BCUT2D eigenvalue weighted by Crippen LogP contribution is 2.34. The minimum Gasteiger partial charge on any atom is -0.394 e. The number of amides is 1. The van der Waals surface area contributed by atoms with E-state index in [0.29, 0.717) is 42.5 Å². The summed E-state index contributed by atoms with van der Waals surface area (Å²) in [5, 5.41) is 21.8. The number of unbranched alkanes of at least 4 members (excludes halogenated alkanes) is 2. The normalized spacial score (nSPS) is 22.0. The molecule has 0 aliphatic carbocycles. The molecule has 2 aromatic heterocycles.